The topological polar surface area (TPSA) is 80.6 Å². The lowest BCUT2D eigenvalue weighted by atomic mass is 10.1. The molecule has 0 radical (unpaired) electrons. The SMILES string of the molecule is COCCCNC(=O)/C(C#N)=C/c1ccc(OCc2cccc(C)c2)c(OC)c1. The molecule has 0 bridgehead atoms. The van der Waals surface area contributed by atoms with Crippen LogP contribution in [0.1, 0.15) is 23.1 Å². The maximum atomic E-state index is 12.2. The summed E-state index contributed by atoms with van der Waals surface area (Å²) in [5.74, 6) is 0.709. The van der Waals surface area contributed by atoms with Gasteiger partial charge in [-0.2, -0.15) is 5.26 Å². The number of methoxy groups -OCH3 is 2. The maximum absolute atomic E-state index is 12.2. The molecule has 0 atom stereocenters. The van der Waals surface area contributed by atoms with Gasteiger partial charge in [0.15, 0.2) is 11.5 Å². The lowest BCUT2D eigenvalue weighted by molar-refractivity contribution is -0.117. The van der Waals surface area contributed by atoms with Crippen molar-refractivity contribution in [2.45, 2.75) is 20.0 Å². The number of ether oxygens (including phenoxy) is 3. The Hall–Kier alpha value is -3.30. The van der Waals surface area contributed by atoms with Gasteiger partial charge in [-0.05, 0) is 42.7 Å². The third-order valence-corrected chi connectivity index (χ3v) is 4.15. The van der Waals surface area contributed by atoms with E-state index >= 15 is 0 Å². The number of aryl methyl sites for hydroxylation is 1. The van der Waals surface area contributed by atoms with Crippen molar-refractivity contribution in [2.24, 2.45) is 0 Å². The number of carbonyl (C=O) groups excluding carboxylic acids is 1. The van der Waals surface area contributed by atoms with Gasteiger partial charge in [0.05, 0.1) is 7.11 Å². The molecule has 152 valence electrons. The fraction of sp³-hybridized carbons (Fsp3) is 0.304. The van der Waals surface area contributed by atoms with Crippen LogP contribution in [0, 0.1) is 18.3 Å². The van der Waals surface area contributed by atoms with E-state index in [1.165, 1.54) is 11.6 Å². The molecule has 2 rings (SSSR count). The molecule has 0 saturated heterocycles. The molecule has 0 spiro atoms. The molecule has 0 aliphatic heterocycles. The first-order chi connectivity index (χ1) is 14.1. The van der Waals surface area contributed by atoms with Crippen LogP contribution in [0.15, 0.2) is 48.0 Å². The van der Waals surface area contributed by atoms with E-state index in [1.54, 1.807) is 32.4 Å². The molecule has 2 aromatic rings. The van der Waals surface area contributed by atoms with Gasteiger partial charge in [0, 0.05) is 20.3 Å². The van der Waals surface area contributed by atoms with Crippen molar-refractivity contribution >= 4 is 12.0 Å². The maximum Gasteiger partial charge on any atom is 0.261 e. The molecule has 6 nitrogen and oxygen atoms in total. The van der Waals surface area contributed by atoms with Gasteiger partial charge in [-0.3, -0.25) is 4.79 Å². The standard InChI is InChI=1S/C23H26N2O4/c1-17-6-4-7-19(12-17)16-29-21-9-8-18(14-22(21)28-3)13-20(15-24)23(26)25-10-5-11-27-2/h4,6-9,12-14H,5,10-11,16H2,1-3H3,(H,25,26)/b20-13+. The van der Waals surface area contributed by atoms with Crippen LogP contribution in [0.4, 0.5) is 0 Å². The molecule has 0 heterocycles. The van der Waals surface area contributed by atoms with Crippen LogP contribution in [0.5, 0.6) is 11.5 Å². The molecular formula is C23H26N2O4. The summed E-state index contributed by atoms with van der Waals surface area (Å²) in [6.45, 7) is 3.44. The highest BCUT2D eigenvalue weighted by Gasteiger charge is 2.10. The fourth-order valence-corrected chi connectivity index (χ4v) is 2.69. The van der Waals surface area contributed by atoms with Crippen molar-refractivity contribution in [1.82, 2.24) is 5.32 Å². The van der Waals surface area contributed by atoms with Crippen LogP contribution in [0.25, 0.3) is 6.08 Å². The van der Waals surface area contributed by atoms with E-state index in [0.29, 0.717) is 43.2 Å². The second-order valence-corrected chi connectivity index (χ2v) is 6.46. The van der Waals surface area contributed by atoms with Crippen LogP contribution in [-0.4, -0.2) is 33.3 Å². The predicted molar refractivity (Wildman–Crippen MR) is 112 cm³/mol. The molecule has 0 aliphatic rings. The van der Waals surface area contributed by atoms with E-state index in [0.717, 1.165) is 5.56 Å². The molecule has 0 aromatic heterocycles. The summed E-state index contributed by atoms with van der Waals surface area (Å²) in [6, 6.07) is 15.3. The van der Waals surface area contributed by atoms with Crippen molar-refractivity contribution < 1.29 is 19.0 Å². The van der Waals surface area contributed by atoms with E-state index in [9.17, 15) is 10.1 Å². The van der Waals surface area contributed by atoms with Crippen molar-refractivity contribution in [2.75, 3.05) is 27.4 Å². The number of hydrogen-bond acceptors (Lipinski definition) is 5. The average Bonchev–Trinajstić information content (AvgIpc) is 2.73. The Bertz CT molecular complexity index is 900. The lowest BCUT2D eigenvalue weighted by Gasteiger charge is -2.12. The lowest BCUT2D eigenvalue weighted by Crippen LogP contribution is -2.26. The Morgan fingerprint density at radius 1 is 1.17 bits per heavy atom. The molecule has 6 heteroatoms. The third-order valence-electron chi connectivity index (χ3n) is 4.15. The zero-order valence-electron chi connectivity index (χ0n) is 17.0. The Kier molecular flexibility index (Phi) is 8.74. The number of amides is 1. The number of nitrogens with one attached hydrogen (secondary N) is 1. The molecule has 0 saturated carbocycles. The minimum Gasteiger partial charge on any atom is -0.493 e. The summed E-state index contributed by atoms with van der Waals surface area (Å²) in [4.78, 5) is 12.2. The minimum absolute atomic E-state index is 0.0258. The van der Waals surface area contributed by atoms with Gasteiger partial charge in [-0.15, -0.1) is 0 Å². The Morgan fingerprint density at radius 3 is 2.69 bits per heavy atom. The predicted octanol–water partition coefficient (Wildman–Crippen LogP) is 3.64. The second kappa shape index (κ2) is 11.5. The van der Waals surface area contributed by atoms with Crippen LogP contribution in [-0.2, 0) is 16.1 Å². The van der Waals surface area contributed by atoms with Gasteiger partial charge >= 0.3 is 0 Å². The number of nitriles is 1. The number of benzene rings is 2. The quantitative estimate of drug-likeness (QED) is 0.378. The zero-order valence-corrected chi connectivity index (χ0v) is 17.0. The summed E-state index contributed by atoms with van der Waals surface area (Å²) in [7, 11) is 3.15. The van der Waals surface area contributed by atoms with Crippen molar-refractivity contribution in [3.05, 3.63) is 64.7 Å². The van der Waals surface area contributed by atoms with E-state index in [2.05, 4.69) is 11.4 Å². The van der Waals surface area contributed by atoms with Crippen LogP contribution in [0.3, 0.4) is 0 Å². The fourth-order valence-electron chi connectivity index (χ4n) is 2.69. The number of carbonyl (C=O) groups is 1. The summed E-state index contributed by atoms with van der Waals surface area (Å²) >= 11 is 0. The average molecular weight is 394 g/mol. The molecule has 1 N–H and O–H groups in total. The molecule has 0 unspecified atom stereocenters. The largest absolute Gasteiger partial charge is 0.493 e. The minimum atomic E-state index is -0.414. The van der Waals surface area contributed by atoms with Crippen LogP contribution < -0.4 is 14.8 Å². The van der Waals surface area contributed by atoms with Gasteiger partial charge in [0.1, 0.15) is 18.2 Å². The molecular weight excluding hydrogens is 368 g/mol. The first-order valence-electron chi connectivity index (χ1n) is 9.32. The number of rotatable bonds is 10. The van der Waals surface area contributed by atoms with Crippen LogP contribution >= 0.6 is 0 Å². The van der Waals surface area contributed by atoms with Crippen molar-refractivity contribution in [1.29, 1.82) is 5.26 Å². The molecule has 0 aliphatic carbocycles. The summed E-state index contributed by atoms with van der Waals surface area (Å²) in [6.07, 6.45) is 2.21. The number of nitrogens with zero attached hydrogens (tertiary/aromatic N) is 1. The van der Waals surface area contributed by atoms with Gasteiger partial charge in [-0.1, -0.05) is 35.9 Å². The van der Waals surface area contributed by atoms with Crippen molar-refractivity contribution in [3.63, 3.8) is 0 Å². The monoisotopic (exact) mass is 394 g/mol. The highest BCUT2D eigenvalue weighted by Crippen LogP contribution is 2.29. The van der Waals surface area contributed by atoms with Gasteiger partial charge < -0.3 is 19.5 Å². The van der Waals surface area contributed by atoms with Gasteiger partial charge in [0.25, 0.3) is 5.91 Å². The van der Waals surface area contributed by atoms with E-state index in [1.807, 2.05) is 31.2 Å². The van der Waals surface area contributed by atoms with Gasteiger partial charge in [0.2, 0.25) is 0 Å². The molecule has 29 heavy (non-hydrogen) atoms. The van der Waals surface area contributed by atoms with Gasteiger partial charge in [-0.25, -0.2) is 0 Å². The first-order valence-corrected chi connectivity index (χ1v) is 9.32. The highest BCUT2D eigenvalue weighted by atomic mass is 16.5. The van der Waals surface area contributed by atoms with E-state index in [4.69, 9.17) is 14.2 Å². The van der Waals surface area contributed by atoms with E-state index < -0.39 is 5.91 Å². The zero-order chi connectivity index (χ0) is 21.1. The van der Waals surface area contributed by atoms with Crippen LogP contribution in [0.2, 0.25) is 0 Å². The van der Waals surface area contributed by atoms with Crippen molar-refractivity contribution in [3.8, 4) is 17.6 Å². The molecule has 0 fully saturated rings. The molecule has 2 aromatic carbocycles. The first kappa shape index (κ1) is 22.0. The Labute approximate surface area is 171 Å². The summed E-state index contributed by atoms with van der Waals surface area (Å²) in [5.41, 5.74) is 2.93. The smallest absolute Gasteiger partial charge is 0.261 e. The highest BCUT2D eigenvalue weighted by molar-refractivity contribution is 6.01. The Balaban J connectivity index is 2.08. The summed E-state index contributed by atoms with van der Waals surface area (Å²) < 4.78 is 16.2. The normalized spacial score (nSPS) is 10.9. The number of hydrogen-bond donors (Lipinski definition) is 1. The third kappa shape index (κ3) is 6.98. The van der Waals surface area contributed by atoms with E-state index in [-0.39, 0.29) is 5.57 Å². The molecule has 1 amide bonds. The summed E-state index contributed by atoms with van der Waals surface area (Å²) in [5, 5.41) is 12.0. The second-order valence-electron chi connectivity index (χ2n) is 6.46. The Morgan fingerprint density at radius 2 is 2.00 bits per heavy atom.